The van der Waals surface area contributed by atoms with Gasteiger partial charge in [-0.3, -0.25) is 0 Å². The second-order valence-corrected chi connectivity index (χ2v) is 6.18. The number of benzene rings is 2. The molecule has 2 aromatic carbocycles. The number of phenols is 1. The van der Waals surface area contributed by atoms with Crippen molar-refractivity contribution in [3.05, 3.63) is 51.5 Å². The molecular weight excluding hydrogens is 351 g/mol. The quantitative estimate of drug-likeness (QED) is 0.852. The first-order valence-electron chi connectivity index (χ1n) is 7.26. The van der Waals surface area contributed by atoms with Crippen molar-refractivity contribution < 1.29 is 14.6 Å². The average molecular weight is 367 g/mol. The van der Waals surface area contributed by atoms with Crippen molar-refractivity contribution in [1.29, 1.82) is 0 Å². The molecule has 0 amide bonds. The molecule has 0 bridgehead atoms. The first kappa shape index (κ1) is 16.7. The van der Waals surface area contributed by atoms with Gasteiger partial charge in [-0.2, -0.15) is 5.10 Å². The number of halogens is 2. The third-order valence-electron chi connectivity index (χ3n) is 3.91. The van der Waals surface area contributed by atoms with Crippen LogP contribution in [0.1, 0.15) is 23.6 Å². The van der Waals surface area contributed by atoms with Crippen molar-refractivity contribution in [2.75, 3.05) is 14.2 Å². The van der Waals surface area contributed by atoms with Crippen LogP contribution in [0, 0.1) is 0 Å². The maximum atomic E-state index is 10.2. The maximum Gasteiger partial charge on any atom is 0.143 e. The van der Waals surface area contributed by atoms with Crippen molar-refractivity contribution >= 4 is 28.9 Å². The fourth-order valence-electron chi connectivity index (χ4n) is 2.68. The van der Waals surface area contributed by atoms with Gasteiger partial charge in [0.1, 0.15) is 17.2 Å². The number of hydrogen-bond acceptors (Lipinski definition) is 5. The van der Waals surface area contributed by atoms with Gasteiger partial charge in [-0.25, -0.2) is 0 Å². The number of nitrogens with one attached hydrogen (secondary N) is 1. The van der Waals surface area contributed by atoms with Crippen LogP contribution in [0.5, 0.6) is 17.2 Å². The summed E-state index contributed by atoms with van der Waals surface area (Å²) < 4.78 is 10.7. The number of nitrogens with zero attached hydrogens (tertiary/aromatic N) is 1. The van der Waals surface area contributed by atoms with Crippen LogP contribution in [0.3, 0.4) is 0 Å². The first-order chi connectivity index (χ1) is 11.5. The summed E-state index contributed by atoms with van der Waals surface area (Å²) in [6.07, 6.45) is 0.562. The molecule has 1 aliphatic heterocycles. The Balaban J connectivity index is 1.88. The number of hydrazone groups is 1. The number of aromatic hydroxyl groups is 1. The van der Waals surface area contributed by atoms with E-state index in [1.54, 1.807) is 20.3 Å². The Morgan fingerprint density at radius 2 is 1.96 bits per heavy atom. The zero-order chi connectivity index (χ0) is 17.3. The predicted octanol–water partition coefficient (Wildman–Crippen LogP) is 4.15. The van der Waals surface area contributed by atoms with Crippen LogP contribution in [-0.4, -0.2) is 25.0 Å². The highest BCUT2D eigenvalue weighted by Crippen LogP contribution is 2.37. The molecule has 1 atom stereocenters. The van der Waals surface area contributed by atoms with Crippen LogP contribution in [0.2, 0.25) is 10.0 Å². The standard InChI is InChI=1S/C17H16Cl2N2O3/c1-23-10-3-4-11(16(7-10)24-2)14-8-15(21-20-14)12-5-9(18)6-13(19)17(12)22/h3-7,14,20,22H,8H2,1-2H3. The molecule has 2 aromatic rings. The Kier molecular flexibility index (Phi) is 4.73. The summed E-state index contributed by atoms with van der Waals surface area (Å²) in [6.45, 7) is 0. The Hall–Kier alpha value is -2.11. The lowest BCUT2D eigenvalue weighted by Gasteiger charge is -2.15. The van der Waals surface area contributed by atoms with Gasteiger partial charge in [0, 0.05) is 28.6 Å². The smallest absolute Gasteiger partial charge is 0.143 e. The summed E-state index contributed by atoms with van der Waals surface area (Å²) in [5, 5.41) is 15.1. The van der Waals surface area contributed by atoms with E-state index < -0.39 is 0 Å². The molecule has 1 unspecified atom stereocenters. The van der Waals surface area contributed by atoms with Gasteiger partial charge in [0.05, 0.1) is 31.0 Å². The lowest BCUT2D eigenvalue weighted by molar-refractivity contribution is 0.386. The fraction of sp³-hybridized carbons (Fsp3) is 0.235. The SMILES string of the molecule is COc1ccc(C2CC(c3cc(Cl)cc(Cl)c3O)=NN2)c(OC)c1. The van der Waals surface area contributed by atoms with E-state index in [4.69, 9.17) is 32.7 Å². The Labute approximate surface area is 149 Å². The molecule has 0 aromatic heterocycles. The van der Waals surface area contributed by atoms with E-state index in [-0.39, 0.29) is 16.8 Å². The van der Waals surface area contributed by atoms with Crippen LogP contribution < -0.4 is 14.9 Å². The van der Waals surface area contributed by atoms with Gasteiger partial charge in [-0.15, -0.1) is 0 Å². The summed E-state index contributed by atoms with van der Waals surface area (Å²) in [4.78, 5) is 0. The third-order valence-corrected chi connectivity index (χ3v) is 4.41. The molecule has 1 heterocycles. The zero-order valence-electron chi connectivity index (χ0n) is 13.1. The van der Waals surface area contributed by atoms with E-state index in [1.807, 2.05) is 18.2 Å². The summed E-state index contributed by atoms with van der Waals surface area (Å²) in [5.41, 5.74) is 5.22. The normalized spacial score (nSPS) is 16.5. The highest BCUT2D eigenvalue weighted by molar-refractivity contribution is 6.36. The first-order valence-corrected chi connectivity index (χ1v) is 8.01. The van der Waals surface area contributed by atoms with E-state index in [0.717, 1.165) is 5.56 Å². The third kappa shape index (κ3) is 3.09. The molecule has 0 aliphatic carbocycles. The van der Waals surface area contributed by atoms with Gasteiger partial charge in [0.25, 0.3) is 0 Å². The summed E-state index contributed by atoms with van der Waals surface area (Å²) in [7, 11) is 3.21. The van der Waals surface area contributed by atoms with E-state index in [1.165, 1.54) is 6.07 Å². The summed E-state index contributed by atoms with van der Waals surface area (Å²) in [5.74, 6) is 1.40. The maximum absolute atomic E-state index is 10.2. The van der Waals surface area contributed by atoms with Crippen molar-refractivity contribution in [1.82, 2.24) is 5.43 Å². The van der Waals surface area contributed by atoms with Crippen LogP contribution in [0.25, 0.3) is 0 Å². The van der Waals surface area contributed by atoms with Gasteiger partial charge in [-0.05, 0) is 24.3 Å². The second-order valence-electron chi connectivity index (χ2n) is 5.34. The molecule has 3 rings (SSSR count). The number of hydrogen-bond donors (Lipinski definition) is 2. The molecule has 0 saturated carbocycles. The van der Waals surface area contributed by atoms with Crippen LogP contribution in [-0.2, 0) is 0 Å². The molecule has 126 valence electrons. The molecule has 0 saturated heterocycles. The predicted molar refractivity (Wildman–Crippen MR) is 94.7 cm³/mol. The highest BCUT2D eigenvalue weighted by atomic mass is 35.5. The number of methoxy groups -OCH3 is 2. The number of rotatable bonds is 4. The van der Waals surface area contributed by atoms with Gasteiger partial charge in [0.15, 0.2) is 0 Å². The summed E-state index contributed by atoms with van der Waals surface area (Å²) in [6, 6.07) is 8.68. The molecule has 1 aliphatic rings. The molecule has 0 spiro atoms. The number of ether oxygens (including phenoxy) is 2. The van der Waals surface area contributed by atoms with Gasteiger partial charge < -0.3 is 20.0 Å². The van der Waals surface area contributed by atoms with Gasteiger partial charge in [0.2, 0.25) is 0 Å². The molecule has 7 heteroatoms. The van der Waals surface area contributed by atoms with Gasteiger partial charge in [-0.1, -0.05) is 23.2 Å². The minimum atomic E-state index is -0.0852. The fourth-order valence-corrected chi connectivity index (χ4v) is 3.18. The van der Waals surface area contributed by atoms with Crippen LogP contribution in [0.4, 0.5) is 0 Å². The van der Waals surface area contributed by atoms with Gasteiger partial charge >= 0.3 is 0 Å². The molecule has 2 N–H and O–H groups in total. The Bertz CT molecular complexity index is 809. The van der Waals surface area contributed by atoms with E-state index in [0.29, 0.717) is 34.2 Å². The van der Waals surface area contributed by atoms with Crippen LogP contribution in [0.15, 0.2) is 35.4 Å². The van der Waals surface area contributed by atoms with Crippen LogP contribution >= 0.6 is 23.2 Å². The zero-order valence-corrected chi connectivity index (χ0v) is 14.6. The monoisotopic (exact) mass is 366 g/mol. The molecular formula is C17H16Cl2N2O3. The van der Waals surface area contributed by atoms with E-state index in [2.05, 4.69) is 10.5 Å². The van der Waals surface area contributed by atoms with Crippen molar-refractivity contribution in [2.45, 2.75) is 12.5 Å². The van der Waals surface area contributed by atoms with Crippen molar-refractivity contribution in [2.24, 2.45) is 5.10 Å². The highest BCUT2D eigenvalue weighted by Gasteiger charge is 2.26. The second kappa shape index (κ2) is 6.79. The largest absolute Gasteiger partial charge is 0.506 e. The van der Waals surface area contributed by atoms with E-state index >= 15 is 0 Å². The van der Waals surface area contributed by atoms with Crippen molar-refractivity contribution in [3.63, 3.8) is 0 Å². The minimum Gasteiger partial charge on any atom is -0.506 e. The van der Waals surface area contributed by atoms with Crippen molar-refractivity contribution in [3.8, 4) is 17.2 Å². The average Bonchev–Trinajstić information content (AvgIpc) is 3.07. The Morgan fingerprint density at radius 3 is 2.67 bits per heavy atom. The Morgan fingerprint density at radius 1 is 1.17 bits per heavy atom. The molecule has 5 nitrogen and oxygen atoms in total. The van der Waals surface area contributed by atoms with E-state index in [9.17, 15) is 5.11 Å². The molecule has 0 fully saturated rings. The lowest BCUT2D eigenvalue weighted by atomic mass is 9.98. The minimum absolute atomic E-state index is 0.0241. The lowest BCUT2D eigenvalue weighted by Crippen LogP contribution is -2.11. The number of phenolic OH excluding ortho intramolecular Hbond substituents is 1. The molecule has 0 radical (unpaired) electrons. The molecule has 24 heavy (non-hydrogen) atoms. The topological polar surface area (TPSA) is 63.1 Å². The summed E-state index contributed by atoms with van der Waals surface area (Å²) >= 11 is 12.0.